The van der Waals surface area contributed by atoms with Crippen LogP contribution < -0.4 is 15.8 Å². The molecular weight excluding hydrogens is 300 g/mol. The van der Waals surface area contributed by atoms with E-state index in [2.05, 4.69) is 19.2 Å². The van der Waals surface area contributed by atoms with Crippen molar-refractivity contribution in [2.24, 2.45) is 5.92 Å². The molecule has 0 aliphatic heterocycles. The molecule has 3 N–H and O–H groups in total. The highest BCUT2D eigenvalue weighted by Gasteiger charge is 2.02. The van der Waals surface area contributed by atoms with E-state index < -0.39 is 0 Å². The Balaban J connectivity index is 1.93. The van der Waals surface area contributed by atoms with Crippen LogP contribution in [0.2, 0.25) is 0 Å². The SMILES string of the molecule is CC(C)CNC(=O)/C=C\c1ccc(OCc2ccccc2)c(N)c1. The molecule has 0 saturated heterocycles. The first-order valence-electron chi connectivity index (χ1n) is 8.07. The number of nitrogens with two attached hydrogens (primary N) is 1. The zero-order valence-electron chi connectivity index (χ0n) is 14.2. The molecule has 126 valence electrons. The van der Waals surface area contributed by atoms with Crippen LogP contribution in [0.15, 0.2) is 54.6 Å². The normalized spacial score (nSPS) is 11.0. The van der Waals surface area contributed by atoms with Crippen LogP contribution in [0.1, 0.15) is 25.0 Å². The van der Waals surface area contributed by atoms with Crippen LogP contribution in [-0.2, 0) is 11.4 Å². The molecule has 24 heavy (non-hydrogen) atoms. The molecule has 2 aromatic carbocycles. The van der Waals surface area contributed by atoms with Crippen LogP contribution in [0.4, 0.5) is 5.69 Å². The summed E-state index contributed by atoms with van der Waals surface area (Å²) in [4.78, 5) is 11.7. The molecule has 0 radical (unpaired) electrons. The Morgan fingerprint density at radius 3 is 2.62 bits per heavy atom. The first kappa shape index (κ1) is 17.6. The Kier molecular flexibility index (Phi) is 6.43. The van der Waals surface area contributed by atoms with Crippen molar-refractivity contribution >= 4 is 17.7 Å². The molecule has 0 aromatic heterocycles. The molecule has 0 unspecified atom stereocenters. The summed E-state index contributed by atoms with van der Waals surface area (Å²) in [6.07, 6.45) is 3.26. The number of hydrogen-bond acceptors (Lipinski definition) is 3. The highest BCUT2D eigenvalue weighted by Crippen LogP contribution is 2.24. The van der Waals surface area contributed by atoms with Gasteiger partial charge in [-0.3, -0.25) is 4.79 Å². The number of nitrogens with one attached hydrogen (secondary N) is 1. The minimum atomic E-state index is -0.105. The van der Waals surface area contributed by atoms with E-state index >= 15 is 0 Å². The number of anilines is 1. The zero-order chi connectivity index (χ0) is 17.4. The van der Waals surface area contributed by atoms with Crippen molar-refractivity contribution in [2.45, 2.75) is 20.5 Å². The molecule has 0 aliphatic carbocycles. The molecule has 0 saturated carbocycles. The van der Waals surface area contributed by atoms with Gasteiger partial charge in [0.15, 0.2) is 0 Å². The number of carbonyl (C=O) groups is 1. The van der Waals surface area contributed by atoms with Gasteiger partial charge in [0, 0.05) is 12.6 Å². The average Bonchev–Trinajstić information content (AvgIpc) is 2.58. The molecule has 0 fully saturated rings. The molecule has 4 heteroatoms. The number of carbonyl (C=O) groups excluding carboxylic acids is 1. The molecular formula is C20H24N2O2. The van der Waals surface area contributed by atoms with E-state index in [1.165, 1.54) is 6.08 Å². The van der Waals surface area contributed by atoms with Gasteiger partial charge in [0.1, 0.15) is 12.4 Å². The van der Waals surface area contributed by atoms with Gasteiger partial charge in [-0.25, -0.2) is 0 Å². The van der Waals surface area contributed by atoms with E-state index in [4.69, 9.17) is 10.5 Å². The lowest BCUT2D eigenvalue weighted by molar-refractivity contribution is -0.116. The molecule has 2 rings (SSSR count). The second-order valence-corrected chi connectivity index (χ2v) is 6.04. The Labute approximate surface area is 143 Å². The fourth-order valence-corrected chi connectivity index (χ4v) is 2.07. The minimum absolute atomic E-state index is 0.105. The van der Waals surface area contributed by atoms with Crippen LogP contribution in [0.3, 0.4) is 0 Å². The van der Waals surface area contributed by atoms with Crippen molar-refractivity contribution in [1.29, 1.82) is 0 Å². The van der Waals surface area contributed by atoms with Gasteiger partial charge in [0.2, 0.25) is 5.91 Å². The van der Waals surface area contributed by atoms with Crippen molar-refractivity contribution in [2.75, 3.05) is 12.3 Å². The molecule has 2 aromatic rings. The van der Waals surface area contributed by atoms with Crippen LogP contribution in [0, 0.1) is 5.92 Å². The fourth-order valence-electron chi connectivity index (χ4n) is 2.07. The molecule has 4 nitrogen and oxygen atoms in total. The minimum Gasteiger partial charge on any atom is -0.487 e. The predicted molar refractivity (Wildman–Crippen MR) is 98.5 cm³/mol. The molecule has 0 spiro atoms. The van der Waals surface area contributed by atoms with Gasteiger partial charge in [-0.15, -0.1) is 0 Å². The Morgan fingerprint density at radius 1 is 1.21 bits per heavy atom. The van der Waals surface area contributed by atoms with Gasteiger partial charge < -0.3 is 15.8 Å². The summed E-state index contributed by atoms with van der Waals surface area (Å²) >= 11 is 0. The summed E-state index contributed by atoms with van der Waals surface area (Å²) in [6.45, 7) is 5.24. The van der Waals surface area contributed by atoms with Crippen LogP contribution >= 0.6 is 0 Å². The lowest BCUT2D eigenvalue weighted by Crippen LogP contribution is -2.25. The van der Waals surface area contributed by atoms with Gasteiger partial charge in [0.05, 0.1) is 5.69 Å². The third-order valence-electron chi connectivity index (χ3n) is 3.38. The van der Waals surface area contributed by atoms with Crippen molar-refractivity contribution < 1.29 is 9.53 Å². The summed E-state index contributed by atoms with van der Waals surface area (Å²) in [7, 11) is 0. The average molecular weight is 324 g/mol. The maximum atomic E-state index is 11.7. The predicted octanol–water partition coefficient (Wildman–Crippen LogP) is 3.63. The summed E-state index contributed by atoms with van der Waals surface area (Å²) in [5.41, 5.74) is 8.53. The summed E-state index contributed by atoms with van der Waals surface area (Å²) in [6, 6.07) is 15.4. The van der Waals surface area contributed by atoms with E-state index in [1.54, 1.807) is 12.1 Å². The number of nitrogen functional groups attached to an aromatic ring is 1. The second kappa shape index (κ2) is 8.77. The highest BCUT2D eigenvalue weighted by atomic mass is 16.5. The number of rotatable bonds is 7. The van der Waals surface area contributed by atoms with Crippen molar-refractivity contribution in [1.82, 2.24) is 5.32 Å². The monoisotopic (exact) mass is 324 g/mol. The highest BCUT2D eigenvalue weighted by molar-refractivity contribution is 5.91. The van der Waals surface area contributed by atoms with Gasteiger partial charge in [-0.2, -0.15) is 0 Å². The topological polar surface area (TPSA) is 64.3 Å². The van der Waals surface area contributed by atoms with Crippen LogP contribution in [0.25, 0.3) is 6.08 Å². The third kappa shape index (κ3) is 5.80. The fraction of sp³-hybridized carbons (Fsp3) is 0.250. The Hall–Kier alpha value is -2.75. The number of amides is 1. The molecule has 0 aliphatic rings. The lowest BCUT2D eigenvalue weighted by atomic mass is 10.1. The van der Waals surface area contributed by atoms with Gasteiger partial charge in [0.25, 0.3) is 0 Å². The lowest BCUT2D eigenvalue weighted by Gasteiger charge is -2.09. The Morgan fingerprint density at radius 2 is 1.96 bits per heavy atom. The van der Waals surface area contributed by atoms with Gasteiger partial charge >= 0.3 is 0 Å². The first-order chi connectivity index (χ1) is 11.5. The van der Waals surface area contributed by atoms with Crippen LogP contribution in [0.5, 0.6) is 5.75 Å². The van der Waals surface area contributed by atoms with Gasteiger partial charge in [-0.1, -0.05) is 50.2 Å². The third-order valence-corrected chi connectivity index (χ3v) is 3.38. The maximum absolute atomic E-state index is 11.7. The zero-order valence-corrected chi connectivity index (χ0v) is 14.2. The van der Waals surface area contributed by atoms with E-state index in [-0.39, 0.29) is 5.91 Å². The van der Waals surface area contributed by atoms with Gasteiger partial charge in [-0.05, 0) is 35.3 Å². The van der Waals surface area contributed by atoms with E-state index in [0.29, 0.717) is 30.5 Å². The van der Waals surface area contributed by atoms with E-state index in [0.717, 1.165) is 11.1 Å². The van der Waals surface area contributed by atoms with E-state index in [9.17, 15) is 4.79 Å². The molecule has 0 atom stereocenters. The second-order valence-electron chi connectivity index (χ2n) is 6.04. The standard InChI is InChI=1S/C20H24N2O2/c1-15(2)13-22-20(23)11-9-16-8-10-19(18(21)12-16)24-14-17-6-4-3-5-7-17/h3-12,15H,13-14,21H2,1-2H3,(H,22,23)/b11-9-. The quantitative estimate of drug-likeness (QED) is 0.604. The number of benzene rings is 2. The smallest absolute Gasteiger partial charge is 0.244 e. The van der Waals surface area contributed by atoms with Crippen molar-refractivity contribution in [3.8, 4) is 5.75 Å². The largest absolute Gasteiger partial charge is 0.487 e. The molecule has 0 heterocycles. The van der Waals surface area contributed by atoms with Crippen molar-refractivity contribution in [3.63, 3.8) is 0 Å². The first-order valence-corrected chi connectivity index (χ1v) is 8.07. The summed E-state index contributed by atoms with van der Waals surface area (Å²) < 4.78 is 5.74. The maximum Gasteiger partial charge on any atom is 0.244 e. The Bertz CT molecular complexity index is 694. The number of hydrogen-bond donors (Lipinski definition) is 2. The van der Waals surface area contributed by atoms with Crippen LogP contribution in [-0.4, -0.2) is 12.5 Å². The number of ether oxygens (including phenoxy) is 1. The molecule has 1 amide bonds. The summed E-state index contributed by atoms with van der Waals surface area (Å²) in [5.74, 6) is 0.964. The van der Waals surface area contributed by atoms with E-state index in [1.807, 2.05) is 42.5 Å². The summed E-state index contributed by atoms with van der Waals surface area (Å²) in [5, 5.41) is 2.84. The molecule has 0 bridgehead atoms. The van der Waals surface area contributed by atoms with Crippen molar-refractivity contribution in [3.05, 3.63) is 65.7 Å².